The maximum absolute atomic E-state index is 15.1. The lowest BCUT2D eigenvalue weighted by Gasteiger charge is -2.22. The molecule has 0 amide bonds. The van der Waals surface area contributed by atoms with E-state index in [0.717, 1.165) is 82.2 Å². The minimum Gasteiger partial charge on any atom is -0.309 e. The zero-order valence-corrected chi connectivity index (χ0v) is 31.7. The highest BCUT2D eigenvalue weighted by Gasteiger charge is 2.35. The molecule has 5 aromatic carbocycles. The minimum atomic E-state index is -4.62. The summed E-state index contributed by atoms with van der Waals surface area (Å²) < 4.78 is 95.8. The molecule has 0 saturated carbocycles. The zero-order valence-electron chi connectivity index (χ0n) is 30.8. The number of rotatable bonds is 6. The molecule has 0 atom stereocenters. The van der Waals surface area contributed by atoms with Gasteiger partial charge in [-0.2, -0.15) is 26.3 Å². The second-order valence-corrected chi connectivity index (χ2v) is 18.3. The highest BCUT2D eigenvalue weighted by atomic mass is 31.2. The fourth-order valence-corrected chi connectivity index (χ4v) is 8.91. The second kappa shape index (κ2) is 14.0. The van der Waals surface area contributed by atoms with E-state index >= 15 is 4.57 Å². The Morgan fingerprint density at radius 1 is 0.389 bits per heavy atom. The molecular formula is C45H40F6NOP. The summed E-state index contributed by atoms with van der Waals surface area (Å²) in [5, 5.41) is 0.388. The van der Waals surface area contributed by atoms with Crippen LogP contribution in [0.1, 0.15) is 63.8 Å². The van der Waals surface area contributed by atoms with E-state index in [-0.39, 0.29) is 26.7 Å². The Labute approximate surface area is 312 Å². The number of hydrogen-bond donors (Lipinski definition) is 0. The van der Waals surface area contributed by atoms with Crippen LogP contribution in [-0.4, -0.2) is 4.98 Å². The first kappa shape index (κ1) is 38.8. The molecule has 0 aliphatic rings. The van der Waals surface area contributed by atoms with Crippen molar-refractivity contribution in [2.45, 2.75) is 64.7 Å². The molecule has 0 radical (unpaired) electrons. The topological polar surface area (TPSA) is 30.0 Å². The number of hydrogen-bond acceptors (Lipinski definition) is 2. The first-order valence-electron chi connectivity index (χ1n) is 17.4. The molecular weight excluding hydrogens is 715 g/mol. The van der Waals surface area contributed by atoms with Gasteiger partial charge >= 0.3 is 12.4 Å². The van der Waals surface area contributed by atoms with Crippen LogP contribution in [-0.2, 0) is 27.7 Å². The smallest absolute Gasteiger partial charge is 0.309 e. The van der Waals surface area contributed by atoms with E-state index in [1.165, 1.54) is 11.1 Å². The molecule has 0 aliphatic heterocycles. The first-order valence-corrected chi connectivity index (χ1v) is 19.2. The van der Waals surface area contributed by atoms with Crippen LogP contribution in [0.4, 0.5) is 26.3 Å². The van der Waals surface area contributed by atoms with Crippen molar-refractivity contribution in [3.05, 3.63) is 156 Å². The van der Waals surface area contributed by atoms with Crippen LogP contribution >= 0.6 is 7.14 Å². The summed E-state index contributed by atoms with van der Waals surface area (Å²) in [7, 11) is -3.93. The lowest BCUT2D eigenvalue weighted by molar-refractivity contribution is -0.138. The molecule has 0 unspecified atom stereocenters. The van der Waals surface area contributed by atoms with Gasteiger partial charge in [0.25, 0.3) is 0 Å². The number of halogens is 6. The van der Waals surface area contributed by atoms with Crippen molar-refractivity contribution < 1.29 is 30.9 Å². The molecule has 1 aromatic heterocycles. The molecule has 6 rings (SSSR count). The molecule has 0 aliphatic carbocycles. The van der Waals surface area contributed by atoms with Crippen LogP contribution in [0.5, 0.6) is 0 Å². The number of alkyl halides is 6. The molecule has 0 fully saturated rings. The van der Waals surface area contributed by atoms with E-state index in [9.17, 15) is 26.3 Å². The number of benzene rings is 5. The molecule has 54 heavy (non-hydrogen) atoms. The molecule has 1 heterocycles. The van der Waals surface area contributed by atoms with E-state index in [2.05, 4.69) is 65.8 Å². The van der Waals surface area contributed by atoms with Gasteiger partial charge in [-0.1, -0.05) is 139 Å². The van der Waals surface area contributed by atoms with Crippen LogP contribution in [0.3, 0.4) is 0 Å². The SMILES string of the molecule is CC(C)(C)c1ccc(-c2cc(-c3ccc(P(=O)(c4ccc(C(F)(F)F)cc4)c4ccc(C(F)(F)F)cc4)cc3)cc(-c3ccc(C(C)(C)C)cc3)n2)cc1. The van der Waals surface area contributed by atoms with Gasteiger partial charge in [0.05, 0.1) is 22.5 Å². The highest BCUT2D eigenvalue weighted by molar-refractivity contribution is 7.85. The Bertz CT molecular complexity index is 2160. The normalized spacial score (nSPS) is 12.9. The van der Waals surface area contributed by atoms with Crippen molar-refractivity contribution in [1.29, 1.82) is 0 Å². The Morgan fingerprint density at radius 2 is 0.667 bits per heavy atom. The summed E-state index contributed by atoms with van der Waals surface area (Å²) in [6.45, 7) is 12.9. The summed E-state index contributed by atoms with van der Waals surface area (Å²) in [6, 6.07) is 35.2. The van der Waals surface area contributed by atoms with Crippen LogP contribution in [0.25, 0.3) is 33.6 Å². The molecule has 9 heteroatoms. The lowest BCUT2D eigenvalue weighted by atomic mass is 9.86. The average molecular weight is 756 g/mol. The van der Waals surface area contributed by atoms with E-state index in [4.69, 9.17) is 4.98 Å². The summed E-state index contributed by atoms with van der Waals surface area (Å²) in [4.78, 5) is 5.06. The molecule has 2 nitrogen and oxygen atoms in total. The van der Waals surface area contributed by atoms with E-state index in [1.807, 2.05) is 36.4 Å². The number of nitrogens with zero attached hydrogens (tertiary/aromatic N) is 1. The maximum Gasteiger partial charge on any atom is 0.416 e. The van der Waals surface area contributed by atoms with Crippen molar-refractivity contribution in [3.63, 3.8) is 0 Å². The van der Waals surface area contributed by atoms with Gasteiger partial charge < -0.3 is 4.57 Å². The Morgan fingerprint density at radius 3 is 0.963 bits per heavy atom. The lowest BCUT2D eigenvalue weighted by Crippen LogP contribution is -2.25. The van der Waals surface area contributed by atoms with Crippen LogP contribution in [0, 0.1) is 0 Å². The van der Waals surface area contributed by atoms with Gasteiger partial charge in [-0.25, -0.2) is 4.98 Å². The zero-order chi connectivity index (χ0) is 39.3. The van der Waals surface area contributed by atoms with E-state index in [1.54, 1.807) is 24.3 Å². The van der Waals surface area contributed by atoms with Gasteiger partial charge in [-0.3, -0.25) is 0 Å². The average Bonchev–Trinajstić information content (AvgIpc) is 3.13. The van der Waals surface area contributed by atoms with E-state index < -0.39 is 30.6 Å². The predicted molar refractivity (Wildman–Crippen MR) is 207 cm³/mol. The van der Waals surface area contributed by atoms with Gasteiger partial charge in [0.2, 0.25) is 0 Å². The van der Waals surface area contributed by atoms with Gasteiger partial charge in [-0.05, 0) is 69.5 Å². The Hall–Kier alpha value is -4.94. The van der Waals surface area contributed by atoms with Crippen LogP contribution < -0.4 is 15.9 Å². The predicted octanol–water partition coefficient (Wildman–Crippen LogP) is 12.4. The van der Waals surface area contributed by atoms with Crippen LogP contribution in [0.15, 0.2) is 133 Å². The Balaban J connectivity index is 1.46. The third-order valence-electron chi connectivity index (χ3n) is 9.60. The summed E-state index contributed by atoms with van der Waals surface area (Å²) in [6.07, 6.45) is -9.24. The first-order chi connectivity index (χ1) is 25.1. The van der Waals surface area contributed by atoms with Gasteiger partial charge in [0, 0.05) is 27.0 Å². The number of pyridine rings is 1. The quantitative estimate of drug-likeness (QED) is 0.125. The second-order valence-electron chi connectivity index (χ2n) is 15.5. The summed E-state index contributed by atoms with van der Waals surface area (Å²) in [5.41, 5.74) is 5.35. The van der Waals surface area contributed by atoms with Crippen molar-refractivity contribution in [1.82, 2.24) is 4.98 Å². The molecule has 0 saturated heterocycles. The Kier molecular flexibility index (Phi) is 10.1. The monoisotopic (exact) mass is 755 g/mol. The third-order valence-corrected chi connectivity index (χ3v) is 12.7. The molecule has 0 N–H and O–H groups in total. The van der Waals surface area contributed by atoms with Crippen molar-refractivity contribution in [2.24, 2.45) is 0 Å². The van der Waals surface area contributed by atoms with Crippen LogP contribution in [0.2, 0.25) is 0 Å². The highest BCUT2D eigenvalue weighted by Crippen LogP contribution is 2.44. The fraction of sp³-hybridized carbons (Fsp3) is 0.222. The maximum atomic E-state index is 15.1. The summed E-state index contributed by atoms with van der Waals surface area (Å²) in [5.74, 6) is 0. The van der Waals surface area contributed by atoms with Crippen molar-refractivity contribution in [2.75, 3.05) is 0 Å². The summed E-state index contributed by atoms with van der Waals surface area (Å²) >= 11 is 0. The van der Waals surface area contributed by atoms with E-state index in [0.29, 0.717) is 0 Å². The molecule has 0 spiro atoms. The van der Waals surface area contributed by atoms with Crippen molar-refractivity contribution in [3.8, 4) is 33.6 Å². The number of aromatic nitrogens is 1. The molecule has 0 bridgehead atoms. The fourth-order valence-electron chi connectivity index (χ4n) is 6.31. The van der Waals surface area contributed by atoms with Crippen molar-refractivity contribution >= 4 is 23.1 Å². The van der Waals surface area contributed by atoms with Gasteiger partial charge in [0.15, 0.2) is 7.14 Å². The van der Waals surface area contributed by atoms with Gasteiger partial charge in [-0.15, -0.1) is 0 Å². The third kappa shape index (κ3) is 8.09. The minimum absolute atomic E-state index is 0.0321. The molecule has 278 valence electrons. The largest absolute Gasteiger partial charge is 0.416 e. The standard InChI is InChI=1S/C45H40F6NOP/c1-42(2,3)33-13-7-30(8-14-33)40-27-32(28-41(52-40)31-9-15-34(16-10-31)43(4,5)6)29-11-21-37(22-12-29)54(53,38-23-17-35(18-24-38)44(46,47)48)39-25-19-36(20-26-39)45(49,50)51/h7-28H,1-6H3. The van der Waals surface area contributed by atoms with Gasteiger partial charge in [0.1, 0.15) is 0 Å². The molecule has 6 aromatic rings.